The van der Waals surface area contributed by atoms with Crippen molar-refractivity contribution < 1.29 is 13.2 Å². The Bertz CT molecular complexity index is 423. The molecule has 1 aromatic rings. The van der Waals surface area contributed by atoms with Crippen LogP contribution in [0.4, 0.5) is 13.2 Å². The summed E-state index contributed by atoms with van der Waals surface area (Å²) in [5.41, 5.74) is 3.41. The fraction of sp³-hybridized carbons (Fsp3) is 0.357. The molecule has 0 aliphatic heterocycles. The summed E-state index contributed by atoms with van der Waals surface area (Å²) < 4.78 is 37.6. The molecule has 1 rings (SSSR count). The Morgan fingerprint density at radius 3 is 2.59 bits per heavy atom. The number of benzene rings is 1. The van der Waals surface area contributed by atoms with Crippen LogP contribution in [0.15, 0.2) is 36.6 Å². The lowest BCUT2D eigenvalue weighted by molar-refractivity contribution is -0.137. The lowest BCUT2D eigenvalue weighted by Crippen LogP contribution is -2.05. The molecule has 0 atom stereocenters. The van der Waals surface area contributed by atoms with Crippen LogP contribution in [-0.4, -0.2) is 0 Å². The molecule has 0 nitrogen and oxygen atoms in total. The Morgan fingerprint density at radius 2 is 2.06 bits per heavy atom. The zero-order valence-electron chi connectivity index (χ0n) is 9.77. The van der Waals surface area contributed by atoms with Crippen molar-refractivity contribution in [2.45, 2.75) is 32.4 Å². The number of hydrogen-bond donors (Lipinski definition) is 0. The fourth-order valence-corrected chi connectivity index (χ4v) is 1.57. The number of allylic oxidation sites excluding steroid dienone is 1. The van der Waals surface area contributed by atoms with Gasteiger partial charge in [-0.05, 0) is 30.5 Å². The van der Waals surface area contributed by atoms with Gasteiger partial charge in [0.05, 0.1) is 5.56 Å². The summed E-state index contributed by atoms with van der Waals surface area (Å²) in [5.74, 6) is 0. The van der Waals surface area contributed by atoms with Crippen molar-refractivity contribution in [3.8, 4) is 0 Å². The number of unbranched alkanes of at least 4 members (excludes halogenated alkanes) is 1. The minimum absolute atomic E-state index is 0.559. The van der Waals surface area contributed by atoms with E-state index in [1.54, 1.807) is 6.07 Å². The highest BCUT2D eigenvalue weighted by Gasteiger charge is 2.30. The Balaban J connectivity index is 3.02. The molecule has 0 heterocycles. The molecular weight excluding hydrogens is 225 g/mol. The van der Waals surface area contributed by atoms with E-state index < -0.39 is 11.7 Å². The number of hydrogen-bond acceptors (Lipinski definition) is 0. The van der Waals surface area contributed by atoms with Crippen molar-refractivity contribution in [3.63, 3.8) is 0 Å². The summed E-state index contributed by atoms with van der Waals surface area (Å²) in [4.78, 5) is 0. The lowest BCUT2D eigenvalue weighted by Gasteiger charge is -2.09. The van der Waals surface area contributed by atoms with Gasteiger partial charge in [-0.2, -0.15) is 13.2 Å². The molecule has 0 aliphatic rings. The maximum Gasteiger partial charge on any atom is 0.416 e. The summed E-state index contributed by atoms with van der Waals surface area (Å²) >= 11 is 0. The van der Waals surface area contributed by atoms with Crippen molar-refractivity contribution in [2.75, 3.05) is 0 Å². The van der Waals surface area contributed by atoms with Crippen LogP contribution in [0.2, 0.25) is 0 Å². The minimum atomic E-state index is -4.30. The van der Waals surface area contributed by atoms with E-state index in [9.17, 15) is 13.2 Å². The lowest BCUT2D eigenvalue weighted by atomic mass is 9.99. The van der Waals surface area contributed by atoms with E-state index in [0.717, 1.165) is 30.5 Å². The van der Waals surface area contributed by atoms with Gasteiger partial charge in [-0.15, -0.1) is 5.73 Å². The van der Waals surface area contributed by atoms with Gasteiger partial charge in [0.2, 0.25) is 0 Å². The van der Waals surface area contributed by atoms with E-state index in [1.165, 1.54) is 6.07 Å². The van der Waals surface area contributed by atoms with E-state index >= 15 is 0 Å². The topological polar surface area (TPSA) is 0 Å². The zero-order chi connectivity index (χ0) is 12.9. The fourth-order valence-electron chi connectivity index (χ4n) is 1.57. The summed E-state index contributed by atoms with van der Waals surface area (Å²) in [6.45, 7) is 5.57. The Kier molecular flexibility index (Phi) is 4.59. The average Bonchev–Trinajstić information content (AvgIpc) is 2.29. The SMILES string of the molecule is C=C=C(CCCC)c1cccc(C(F)(F)F)c1. The third-order valence-corrected chi connectivity index (χ3v) is 2.53. The molecule has 0 saturated heterocycles. The van der Waals surface area contributed by atoms with E-state index in [4.69, 9.17) is 0 Å². The maximum absolute atomic E-state index is 12.5. The van der Waals surface area contributed by atoms with Gasteiger partial charge in [-0.25, -0.2) is 0 Å². The van der Waals surface area contributed by atoms with E-state index in [-0.39, 0.29) is 0 Å². The molecule has 0 spiro atoms. The molecule has 3 heteroatoms. The Labute approximate surface area is 99.5 Å². The first-order valence-corrected chi connectivity index (χ1v) is 5.55. The van der Waals surface area contributed by atoms with E-state index in [2.05, 4.69) is 12.3 Å². The molecule has 0 fully saturated rings. The van der Waals surface area contributed by atoms with Crippen molar-refractivity contribution in [1.29, 1.82) is 0 Å². The largest absolute Gasteiger partial charge is 0.416 e. The first-order valence-electron chi connectivity index (χ1n) is 5.55. The molecule has 0 radical (unpaired) electrons. The first kappa shape index (κ1) is 13.6. The maximum atomic E-state index is 12.5. The predicted molar refractivity (Wildman–Crippen MR) is 63.5 cm³/mol. The van der Waals surface area contributed by atoms with Crippen LogP contribution in [0.3, 0.4) is 0 Å². The van der Waals surface area contributed by atoms with Gasteiger partial charge in [-0.3, -0.25) is 0 Å². The van der Waals surface area contributed by atoms with Crippen LogP contribution in [0.1, 0.15) is 37.3 Å². The minimum Gasteiger partial charge on any atom is -0.166 e. The Morgan fingerprint density at radius 1 is 1.35 bits per heavy atom. The van der Waals surface area contributed by atoms with Gasteiger partial charge in [0, 0.05) is 5.57 Å². The van der Waals surface area contributed by atoms with Crippen LogP contribution < -0.4 is 0 Å². The van der Waals surface area contributed by atoms with Crippen molar-refractivity contribution in [3.05, 3.63) is 47.7 Å². The van der Waals surface area contributed by atoms with Crippen molar-refractivity contribution in [1.82, 2.24) is 0 Å². The molecule has 0 N–H and O–H groups in total. The molecule has 0 aromatic heterocycles. The van der Waals surface area contributed by atoms with Gasteiger partial charge >= 0.3 is 6.18 Å². The molecule has 0 bridgehead atoms. The number of alkyl halides is 3. The van der Waals surface area contributed by atoms with Crippen LogP contribution in [0.25, 0.3) is 5.57 Å². The molecule has 0 unspecified atom stereocenters. The molecule has 1 aromatic carbocycles. The summed E-state index contributed by atoms with van der Waals surface area (Å²) in [6, 6.07) is 5.31. The molecule has 0 saturated carbocycles. The van der Waals surface area contributed by atoms with Crippen molar-refractivity contribution in [2.24, 2.45) is 0 Å². The normalized spacial score (nSPS) is 11.1. The summed E-state index contributed by atoms with van der Waals surface area (Å²) in [6.07, 6.45) is -1.67. The Hall–Kier alpha value is -1.47. The quantitative estimate of drug-likeness (QED) is 0.645. The monoisotopic (exact) mass is 240 g/mol. The van der Waals surface area contributed by atoms with Gasteiger partial charge in [-0.1, -0.05) is 32.1 Å². The second kappa shape index (κ2) is 5.74. The summed E-state index contributed by atoms with van der Waals surface area (Å²) in [7, 11) is 0. The molecule has 0 aliphatic carbocycles. The van der Waals surface area contributed by atoms with Crippen LogP contribution in [-0.2, 0) is 6.18 Å². The third-order valence-electron chi connectivity index (χ3n) is 2.53. The van der Waals surface area contributed by atoms with Crippen LogP contribution in [0.5, 0.6) is 0 Å². The average molecular weight is 240 g/mol. The first-order chi connectivity index (χ1) is 7.99. The standard InChI is InChI=1S/C14H15F3/c1-3-5-7-11(4-2)12-8-6-9-13(10-12)14(15,16)17/h6,8-10H,2-3,5,7H2,1H3. The van der Waals surface area contributed by atoms with Gasteiger partial charge in [0.15, 0.2) is 0 Å². The van der Waals surface area contributed by atoms with E-state index in [0.29, 0.717) is 12.0 Å². The molecule has 17 heavy (non-hydrogen) atoms. The molecular formula is C14H15F3. The zero-order valence-corrected chi connectivity index (χ0v) is 9.77. The highest BCUT2D eigenvalue weighted by atomic mass is 19.4. The smallest absolute Gasteiger partial charge is 0.166 e. The highest BCUT2D eigenvalue weighted by Crippen LogP contribution is 2.31. The highest BCUT2D eigenvalue weighted by molar-refractivity contribution is 5.65. The predicted octanol–water partition coefficient (Wildman–Crippen LogP) is 5.06. The van der Waals surface area contributed by atoms with Gasteiger partial charge in [0.25, 0.3) is 0 Å². The molecule has 92 valence electrons. The van der Waals surface area contributed by atoms with Gasteiger partial charge in [0.1, 0.15) is 0 Å². The van der Waals surface area contributed by atoms with Gasteiger partial charge < -0.3 is 0 Å². The second-order valence-electron chi connectivity index (χ2n) is 3.84. The number of rotatable bonds is 4. The van der Waals surface area contributed by atoms with Crippen LogP contribution >= 0.6 is 0 Å². The van der Waals surface area contributed by atoms with E-state index in [1.807, 2.05) is 6.92 Å². The second-order valence-corrected chi connectivity index (χ2v) is 3.84. The molecule has 0 amide bonds. The summed E-state index contributed by atoms with van der Waals surface area (Å²) in [5, 5.41) is 0. The van der Waals surface area contributed by atoms with Crippen LogP contribution in [0, 0.1) is 0 Å². The van der Waals surface area contributed by atoms with Crippen molar-refractivity contribution >= 4 is 5.57 Å². The number of halogens is 3. The third kappa shape index (κ3) is 3.79.